The molecular formula is C60H50. The first kappa shape index (κ1) is 32.6. The van der Waals surface area contributed by atoms with Crippen LogP contribution in [0, 0.1) is 0 Å². The highest BCUT2D eigenvalue weighted by Gasteiger charge is 2.43. The summed E-state index contributed by atoms with van der Waals surface area (Å²) in [6.45, 7) is 0. The summed E-state index contributed by atoms with van der Waals surface area (Å²) in [5.41, 5.74) is 25.3. The lowest BCUT2D eigenvalue weighted by Gasteiger charge is -2.27. The maximum atomic E-state index is 2.69. The van der Waals surface area contributed by atoms with Crippen LogP contribution in [0.4, 0.5) is 0 Å². The van der Waals surface area contributed by atoms with Crippen molar-refractivity contribution in [2.45, 2.75) is 124 Å². The van der Waals surface area contributed by atoms with Crippen molar-refractivity contribution in [3.05, 3.63) is 154 Å². The molecule has 8 aromatic rings. The first-order chi connectivity index (χ1) is 29.7. The molecule has 60 heavy (non-hydrogen) atoms. The van der Waals surface area contributed by atoms with Gasteiger partial charge in [0.05, 0.1) is 0 Å². The molecule has 4 fully saturated rings. The summed E-state index contributed by atoms with van der Waals surface area (Å²) in [4.78, 5) is 0. The molecule has 290 valence electrons. The van der Waals surface area contributed by atoms with Crippen molar-refractivity contribution in [1.29, 1.82) is 0 Å². The molecule has 8 aliphatic carbocycles. The van der Waals surface area contributed by atoms with E-state index >= 15 is 0 Å². The molecule has 0 N–H and O–H groups in total. The molecule has 16 rings (SSSR count). The predicted octanol–water partition coefficient (Wildman–Crippen LogP) is 16.7. The van der Waals surface area contributed by atoms with Gasteiger partial charge in [0.15, 0.2) is 0 Å². The molecule has 8 unspecified atom stereocenters. The molecular weight excluding hydrogens is 721 g/mol. The summed E-state index contributed by atoms with van der Waals surface area (Å²) in [7, 11) is 0. The predicted molar refractivity (Wildman–Crippen MR) is 249 cm³/mol. The highest BCUT2D eigenvalue weighted by molar-refractivity contribution is 6.32. The smallest absolute Gasteiger partial charge is 0.00139 e. The molecule has 0 nitrogen and oxygen atoms in total. The van der Waals surface area contributed by atoms with Crippen molar-refractivity contribution in [2.75, 3.05) is 0 Å². The number of hydrogen-bond acceptors (Lipinski definition) is 0. The van der Waals surface area contributed by atoms with E-state index in [0.29, 0.717) is 23.7 Å². The minimum Gasteiger partial charge on any atom is -0.0613 e. The first-order valence-corrected chi connectivity index (χ1v) is 24.0. The molecule has 0 amide bonds. The van der Waals surface area contributed by atoms with Crippen LogP contribution in [0.2, 0.25) is 0 Å². The van der Waals surface area contributed by atoms with E-state index < -0.39 is 0 Å². The maximum Gasteiger partial charge on any atom is -0.00139 e. The summed E-state index contributed by atoms with van der Waals surface area (Å²) in [6, 6.07) is 45.2. The van der Waals surface area contributed by atoms with Gasteiger partial charge < -0.3 is 0 Å². The quantitative estimate of drug-likeness (QED) is 0.156. The van der Waals surface area contributed by atoms with Crippen LogP contribution in [-0.2, 0) is 0 Å². The Balaban J connectivity index is 1.07. The van der Waals surface area contributed by atoms with E-state index in [1.165, 1.54) is 154 Å². The molecule has 0 aromatic heterocycles. The van der Waals surface area contributed by atoms with E-state index in [9.17, 15) is 0 Å². The third-order valence-corrected chi connectivity index (χ3v) is 18.7. The summed E-state index contributed by atoms with van der Waals surface area (Å²) < 4.78 is 0. The van der Waals surface area contributed by atoms with Crippen molar-refractivity contribution < 1.29 is 0 Å². The van der Waals surface area contributed by atoms with Crippen LogP contribution in [0.1, 0.15) is 169 Å². The Kier molecular flexibility index (Phi) is 6.18. The van der Waals surface area contributed by atoms with E-state index in [-0.39, 0.29) is 0 Å². The Morgan fingerprint density at radius 2 is 0.500 bits per heavy atom. The van der Waals surface area contributed by atoms with Gasteiger partial charge in [-0.3, -0.25) is 0 Å². The van der Waals surface area contributed by atoms with Crippen LogP contribution in [0.25, 0.3) is 76.8 Å². The molecule has 8 aliphatic rings. The van der Waals surface area contributed by atoms with Gasteiger partial charge in [-0.15, -0.1) is 0 Å². The molecule has 4 saturated carbocycles. The van der Waals surface area contributed by atoms with Crippen LogP contribution < -0.4 is 0 Å². The topological polar surface area (TPSA) is 0 Å². The average Bonchev–Trinajstić information content (AvgIpc) is 4.18. The summed E-state index contributed by atoms with van der Waals surface area (Å²) >= 11 is 0. The van der Waals surface area contributed by atoms with E-state index in [2.05, 4.69) is 109 Å². The Labute approximate surface area is 353 Å². The van der Waals surface area contributed by atoms with Crippen molar-refractivity contribution in [3.8, 4) is 44.5 Å². The molecule has 0 heterocycles. The number of fused-ring (bicyclic) bond motifs is 20. The molecule has 8 bridgehead atoms. The third-order valence-electron chi connectivity index (χ3n) is 18.7. The monoisotopic (exact) mass is 770 g/mol. The lowest BCUT2D eigenvalue weighted by molar-refractivity contribution is 0.718. The van der Waals surface area contributed by atoms with Gasteiger partial charge in [0.1, 0.15) is 0 Å². The van der Waals surface area contributed by atoms with E-state index in [1.807, 2.05) is 0 Å². The van der Waals surface area contributed by atoms with E-state index in [1.54, 1.807) is 44.5 Å². The average molecular weight is 771 g/mol. The second kappa shape index (κ2) is 11.4. The van der Waals surface area contributed by atoms with Crippen molar-refractivity contribution >= 4 is 32.3 Å². The van der Waals surface area contributed by atoms with Gasteiger partial charge >= 0.3 is 0 Å². The van der Waals surface area contributed by atoms with Crippen LogP contribution in [-0.4, -0.2) is 0 Å². The summed E-state index contributed by atoms with van der Waals surface area (Å²) in [5, 5.41) is 8.82. The van der Waals surface area contributed by atoms with Crippen molar-refractivity contribution in [3.63, 3.8) is 0 Å². The number of hydrogen-bond donors (Lipinski definition) is 0. The van der Waals surface area contributed by atoms with E-state index in [0.717, 1.165) is 23.7 Å². The fourth-order valence-corrected chi connectivity index (χ4v) is 16.5. The van der Waals surface area contributed by atoms with Gasteiger partial charge in [0.25, 0.3) is 0 Å². The van der Waals surface area contributed by atoms with Crippen molar-refractivity contribution in [1.82, 2.24) is 0 Å². The van der Waals surface area contributed by atoms with Gasteiger partial charge in [-0.1, -0.05) is 97.1 Å². The standard InChI is InChI=1S/C60H50/c1-5-39-31-13-17-35(25-31)55(39)43(9-1)51-29-52(44-10-2-6-40-32-14-18-36(26-32)56(40)44)48-23-24-50-54(46-12-4-8-42-34-16-20-38(28-34)58(42)46)30-53(49-22-21-47(51)59(48)60(49)50)45-11-3-7-41-33-15-19-37(27-33)57(41)45/h1-12,21-24,29-38H,13-20,25-28H2. The van der Waals surface area contributed by atoms with Crippen LogP contribution >= 0.6 is 0 Å². The largest absolute Gasteiger partial charge is 0.0613 e. The molecule has 8 aromatic carbocycles. The zero-order valence-electron chi connectivity index (χ0n) is 34.5. The fraction of sp³-hybridized carbons (Fsp3) is 0.333. The van der Waals surface area contributed by atoms with Gasteiger partial charge in [-0.2, -0.15) is 0 Å². The Hall–Kier alpha value is -5.20. The lowest BCUT2D eigenvalue weighted by atomic mass is 9.77. The maximum absolute atomic E-state index is 2.69. The zero-order valence-corrected chi connectivity index (χ0v) is 34.5. The SMILES string of the molecule is c1cc(-c2cc(-c3cccc4c3C3CCC4C3)c3ccc4c(-c5cccc6c5C5CCC6C5)cc(-c5cccc6c5C5CCC6C5)c5ccc2c3c54)c2c(c1)C1CCC2C1. The van der Waals surface area contributed by atoms with Gasteiger partial charge in [0, 0.05) is 0 Å². The lowest BCUT2D eigenvalue weighted by Crippen LogP contribution is -2.04. The van der Waals surface area contributed by atoms with Crippen molar-refractivity contribution in [2.24, 2.45) is 0 Å². The van der Waals surface area contributed by atoms with Gasteiger partial charge in [-0.05, 0) is 258 Å². The highest BCUT2D eigenvalue weighted by Crippen LogP contribution is 2.62. The highest BCUT2D eigenvalue weighted by atomic mass is 14.5. The second-order valence-corrected chi connectivity index (χ2v) is 21.1. The summed E-state index contributed by atoms with van der Waals surface area (Å²) in [5.74, 6) is 5.77. The summed E-state index contributed by atoms with van der Waals surface area (Å²) in [6.07, 6.45) is 16.2. The minimum absolute atomic E-state index is 0.698. The molecule has 0 heteroatoms. The van der Waals surface area contributed by atoms with E-state index in [4.69, 9.17) is 0 Å². The Morgan fingerprint density at radius 3 is 0.767 bits per heavy atom. The molecule has 0 saturated heterocycles. The third kappa shape index (κ3) is 3.97. The fourth-order valence-electron chi connectivity index (χ4n) is 16.5. The molecule has 0 aliphatic heterocycles. The van der Waals surface area contributed by atoms with Gasteiger partial charge in [0.2, 0.25) is 0 Å². The van der Waals surface area contributed by atoms with Crippen LogP contribution in [0.15, 0.2) is 109 Å². The second-order valence-electron chi connectivity index (χ2n) is 21.1. The number of rotatable bonds is 4. The normalized spacial score (nSPS) is 28.2. The molecule has 0 radical (unpaired) electrons. The first-order valence-electron chi connectivity index (χ1n) is 24.0. The Morgan fingerprint density at radius 1 is 0.250 bits per heavy atom. The zero-order chi connectivity index (χ0) is 38.5. The Bertz CT molecular complexity index is 2800. The van der Waals surface area contributed by atoms with Crippen LogP contribution in [0.5, 0.6) is 0 Å². The van der Waals surface area contributed by atoms with Crippen LogP contribution in [0.3, 0.4) is 0 Å². The van der Waals surface area contributed by atoms with Gasteiger partial charge in [-0.25, -0.2) is 0 Å². The minimum atomic E-state index is 0.698. The number of benzene rings is 8. The molecule has 0 spiro atoms. The molecule has 8 atom stereocenters.